The number of pyridine rings is 1. The minimum Gasteiger partial charge on any atom is -0.384 e. The van der Waals surface area contributed by atoms with E-state index < -0.39 is 0 Å². The van der Waals surface area contributed by atoms with E-state index in [0.717, 1.165) is 0 Å². The van der Waals surface area contributed by atoms with E-state index in [0.29, 0.717) is 10.7 Å². The molecule has 2 aromatic rings. The number of nitrogens with zero attached hydrogens (tertiary/aromatic N) is 4. The van der Waals surface area contributed by atoms with Crippen LogP contribution in [-0.4, -0.2) is 46.5 Å². The fraction of sp³-hybridized carbons (Fsp3) is 0.231. The molecule has 0 saturated heterocycles. The van der Waals surface area contributed by atoms with Crippen molar-refractivity contribution in [2.45, 2.75) is 0 Å². The normalized spacial score (nSPS) is 10.3. The Bertz CT molecular complexity index is 724. The summed E-state index contributed by atoms with van der Waals surface area (Å²) in [5.41, 5.74) is 0.244. The number of aromatic nitrogens is 3. The summed E-state index contributed by atoms with van der Waals surface area (Å²) in [6.07, 6.45) is 4.13. The zero-order valence-electron chi connectivity index (χ0n) is 11.8. The van der Waals surface area contributed by atoms with E-state index >= 15 is 0 Å². The molecule has 0 atom stereocenters. The molecule has 0 unspecified atom stereocenters. The van der Waals surface area contributed by atoms with Crippen LogP contribution >= 0.6 is 11.6 Å². The number of hydrogen-bond donors (Lipinski definition) is 1. The molecule has 110 valence electrons. The minimum absolute atomic E-state index is 0.202. The van der Waals surface area contributed by atoms with Crippen molar-refractivity contribution in [1.29, 1.82) is 0 Å². The molecule has 0 bridgehead atoms. The van der Waals surface area contributed by atoms with Crippen molar-refractivity contribution in [2.24, 2.45) is 0 Å². The molecular formula is C13H14ClN5O2. The zero-order valence-corrected chi connectivity index (χ0v) is 12.5. The summed E-state index contributed by atoms with van der Waals surface area (Å²) in [6.45, 7) is 0. The van der Waals surface area contributed by atoms with E-state index in [4.69, 9.17) is 11.6 Å². The Morgan fingerprint density at radius 2 is 2.05 bits per heavy atom. The summed E-state index contributed by atoms with van der Waals surface area (Å²) in [5, 5.41) is 3.15. The smallest absolute Gasteiger partial charge is 0.279 e. The number of nitrogens with one attached hydrogen (secondary N) is 1. The third-order valence-electron chi connectivity index (χ3n) is 2.76. The first-order chi connectivity index (χ1) is 9.93. The van der Waals surface area contributed by atoms with E-state index in [2.05, 4.69) is 15.3 Å². The molecule has 0 aliphatic rings. The van der Waals surface area contributed by atoms with Gasteiger partial charge in [-0.05, 0) is 6.07 Å². The van der Waals surface area contributed by atoms with Gasteiger partial charge in [-0.1, -0.05) is 11.6 Å². The molecule has 0 aliphatic heterocycles. The summed E-state index contributed by atoms with van der Waals surface area (Å²) in [5.74, 6) is 0.0257. The van der Waals surface area contributed by atoms with E-state index in [1.54, 1.807) is 21.1 Å². The van der Waals surface area contributed by atoms with Crippen LogP contribution in [0.25, 0.3) is 5.82 Å². The Hall–Kier alpha value is -2.41. The predicted molar refractivity (Wildman–Crippen MR) is 80.2 cm³/mol. The third kappa shape index (κ3) is 3.03. The van der Waals surface area contributed by atoms with Gasteiger partial charge in [-0.2, -0.15) is 0 Å². The molecule has 1 amide bonds. The standard InChI is InChI=1S/C13H14ClN5O2/c1-15-9-4-8(14)7-19(13(9)21)11-6-16-10(5-17-11)12(20)18(2)3/h4-7,15H,1-3H3. The lowest BCUT2D eigenvalue weighted by atomic mass is 10.4. The average molecular weight is 308 g/mol. The SMILES string of the molecule is CNc1cc(Cl)cn(-c2cnc(C(=O)N(C)C)cn2)c1=O. The van der Waals surface area contributed by atoms with Gasteiger partial charge in [0.25, 0.3) is 11.5 Å². The number of amides is 1. The molecule has 0 fully saturated rings. The van der Waals surface area contributed by atoms with Crippen LogP contribution in [0.2, 0.25) is 5.02 Å². The molecule has 1 N–H and O–H groups in total. The van der Waals surface area contributed by atoms with Crippen LogP contribution in [0.4, 0.5) is 5.69 Å². The van der Waals surface area contributed by atoms with Gasteiger partial charge in [0.15, 0.2) is 5.82 Å². The fourth-order valence-corrected chi connectivity index (χ4v) is 1.89. The number of halogens is 1. The van der Waals surface area contributed by atoms with Gasteiger partial charge in [-0.3, -0.25) is 14.2 Å². The molecule has 21 heavy (non-hydrogen) atoms. The third-order valence-corrected chi connectivity index (χ3v) is 2.97. The lowest BCUT2D eigenvalue weighted by Crippen LogP contribution is -2.24. The highest BCUT2D eigenvalue weighted by Gasteiger charge is 2.12. The van der Waals surface area contributed by atoms with Crippen molar-refractivity contribution in [1.82, 2.24) is 19.4 Å². The molecule has 2 heterocycles. The summed E-state index contributed by atoms with van der Waals surface area (Å²) in [4.78, 5) is 33.4. The molecule has 8 heteroatoms. The maximum absolute atomic E-state index is 12.2. The lowest BCUT2D eigenvalue weighted by molar-refractivity contribution is 0.0821. The quantitative estimate of drug-likeness (QED) is 0.916. The molecule has 0 spiro atoms. The maximum atomic E-state index is 12.2. The van der Waals surface area contributed by atoms with Crippen molar-refractivity contribution < 1.29 is 4.79 Å². The van der Waals surface area contributed by atoms with Crippen LogP contribution in [0.1, 0.15) is 10.5 Å². The van der Waals surface area contributed by atoms with Crippen molar-refractivity contribution in [3.05, 3.63) is 45.7 Å². The van der Waals surface area contributed by atoms with Crippen molar-refractivity contribution >= 4 is 23.2 Å². The minimum atomic E-state index is -0.303. The Labute approximate surface area is 126 Å². The highest BCUT2D eigenvalue weighted by Crippen LogP contribution is 2.13. The Morgan fingerprint density at radius 3 is 2.57 bits per heavy atom. The Balaban J connectivity index is 2.47. The first kappa shape index (κ1) is 15.0. The number of anilines is 1. The molecule has 0 saturated carbocycles. The van der Waals surface area contributed by atoms with Gasteiger partial charge in [-0.25, -0.2) is 9.97 Å². The van der Waals surface area contributed by atoms with Gasteiger partial charge in [0.2, 0.25) is 0 Å². The second kappa shape index (κ2) is 5.92. The van der Waals surface area contributed by atoms with Gasteiger partial charge in [-0.15, -0.1) is 0 Å². The van der Waals surface area contributed by atoms with Gasteiger partial charge >= 0.3 is 0 Å². The number of carbonyl (C=O) groups is 1. The molecule has 0 aliphatic carbocycles. The van der Waals surface area contributed by atoms with E-state index in [1.165, 1.54) is 34.1 Å². The van der Waals surface area contributed by atoms with Crippen LogP contribution < -0.4 is 10.9 Å². The number of rotatable bonds is 3. The van der Waals surface area contributed by atoms with Crippen molar-refractivity contribution in [3.63, 3.8) is 0 Å². The first-order valence-electron chi connectivity index (χ1n) is 6.08. The van der Waals surface area contributed by atoms with Crippen LogP contribution in [0.5, 0.6) is 0 Å². The summed E-state index contributed by atoms with van der Waals surface area (Å²) < 4.78 is 1.27. The van der Waals surface area contributed by atoms with Crippen LogP contribution in [0, 0.1) is 0 Å². The Morgan fingerprint density at radius 1 is 1.33 bits per heavy atom. The first-order valence-corrected chi connectivity index (χ1v) is 6.46. The zero-order chi connectivity index (χ0) is 15.6. The van der Waals surface area contributed by atoms with Crippen LogP contribution in [-0.2, 0) is 0 Å². The molecule has 0 aromatic carbocycles. The number of carbonyl (C=O) groups excluding carboxylic acids is 1. The van der Waals surface area contributed by atoms with Gasteiger partial charge < -0.3 is 10.2 Å². The van der Waals surface area contributed by atoms with Gasteiger partial charge in [0.1, 0.15) is 11.4 Å². The fourth-order valence-electron chi connectivity index (χ4n) is 1.68. The average Bonchev–Trinajstić information content (AvgIpc) is 2.48. The molecule has 0 radical (unpaired) electrons. The Kier molecular flexibility index (Phi) is 4.23. The van der Waals surface area contributed by atoms with Crippen LogP contribution in [0.15, 0.2) is 29.5 Å². The molecule has 2 aromatic heterocycles. The topological polar surface area (TPSA) is 80.1 Å². The van der Waals surface area contributed by atoms with E-state index in [9.17, 15) is 9.59 Å². The molecule has 2 rings (SSSR count). The van der Waals surface area contributed by atoms with E-state index in [-0.39, 0.29) is 23.0 Å². The highest BCUT2D eigenvalue weighted by molar-refractivity contribution is 6.30. The van der Waals surface area contributed by atoms with Gasteiger partial charge in [0.05, 0.1) is 17.4 Å². The number of hydrogen-bond acceptors (Lipinski definition) is 5. The lowest BCUT2D eigenvalue weighted by Gasteiger charge is -2.10. The second-order valence-corrected chi connectivity index (χ2v) is 4.89. The summed E-state index contributed by atoms with van der Waals surface area (Å²) in [6, 6.07) is 1.53. The summed E-state index contributed by atoms with van der Waals surface area (Å²) >= 11 is 5.97. The van der Waals surface area contributed by atoms with E-state index in [1.807, 2.05) is 0 Å². The second-order valence-electron chi connectivity index (χ2n) is 4.46. The molecule has 7 nitrogen and oxygen atoms in total. The highest BCUT2D eigenvalue weighted by atomic mass is 35.5. The monoisotopic (exact) mass is 307 g/mol. The van der Waals surface area contributed by atoms with Crippen molar-refractivity contribution in [3.8, 4) is 5.82 Å². The maximum Gasteiger partial charge on any atom is 0.279 e. The predicted octanol–water partition coefficient (Wildman–Crippen LogP) is 1.02. The largest absolute Gasteiger partial charge is 0.384 e. The van der Waals surface area contributed by atoms with Crippen LogP contribution in [0.3, 0.4) is 0 Å². The molecular weight excluding hydrogens is 294 g/mol. The van der Waals surface area contributed by atoms with Crippen molar-refractivity contribution in [2.75, 3.05) is 26.5 Å². The van der Waals surface area contributed by atoms with Gasteiger partial charge in [0, 0.05) is 27.3 Å². The summed E-state index contributed by atoms with van der Waals surface area (Å²) in [7, 11) is 4.87.